The molecule has 0 saturated carbocycles. The zero-order chi connectivity index (χ0) is 17.6. The van der Waals surface area contributed by atoms with Crippen LogP contribution >= 0.6 is 11.5 Å². The molecular formula is C16H8F4N4S. The molecule has 126 valence electrons. The summed E-state index contributed by atoms with van der Waals surface area (Å²) in [7, 11) is 0. The summed E-state index contributed by atoms with van der Waals surface area (Å²) in [6, 6.07) is 5.34. The molecule has 9 heteroatoms. The average Bonchev–Trinajstić information content (AvgIpc) is 3.23. The number of imidazole rings is 1. The van der Waals surface area contributed by atoms with E-state index in [0.29, 0.717) is 22.4 Å². The quantitative estimate of drug-likeness (QED) is 0.485. The van der Waals surface area contributed by atoms with Gasteiger partial charge in [-0.05, 0) is 35.8 Å². The van der Waals surface area contributed by atoms with Crippen LogP contribution in [0.2, 0.25) is 0 Å². The van der Waals surface area contributed by atoms with Crippen molar-refractivity contribution in [2.24, 2.45) is 0 Å². The molecule has 3 heterocycles. The van der Waals surface area contributed by atoms with E-state index < -0.39 is 17.7 Å². The van der Waals surface area contributed by atoms with E-state index in [1.54, 1.807) is 23.7 Å². The van der Waals surface area contributed by atoms with E-state index >= 15 is 0 Å². The molecule has 0 unspecified atom stereocenters. The highest BCUT2D eigenvalue weighted by atomic mass is 32.1. The van der Waals surface area contributed by atoms with Gasteiger partial charge in [-0.15, -0.1) is 0 Å². The second kappa shape index (κ2) is 5.62. The van der Waals surface area contributed by atoms with E-state index in [4.69, 9.17) is 0 Å². The fourth-order valence-electron chi connectivity index (χ4n) is 2.49. The lowest BCUT2D eigenvalue weighted by atomic mass is 10.0. The van der Waals surface area contributed by atoms with Gasteiger partial charge in [0.05, 0.1) is 11.9 Å². The van der Waals surface area contributed by atoms with E-state index in [2.05, 4.69) is 14.3 Å². The summed E-state index contributed by atoms with van der Waals surface area (Å²) in [5.41, 5.74) is 1.11. The summed E-state index contributed by atoms with van der Waals surface area (Å²) < 4.78 is 57.7. The molecule has 3 aromatic heterocycles. The third-order valence-electron chi connectivity index (χ3n) is 3.68. The van der Waals surface area contributed by atoms with Crippen molar-refractivity contribution in [3.05, 3.63) is 59.7 Å². The number of rotatable bonds is 2. The molecule has 4 aromatic rings. The van der Waals surface area contributed by atoms with Crippen LogP contribution in [0.4, 0.5) is 17.6 Å². The standard InChI is InChI=1S/C16H8F4N4S/c17-12-2-1-9(5-11(12)10-6-22-25-8-10)13-7-21-15-23-14(16(18,19)20)3-4-24(13)15/h1-8H. The summed E-state index contributed by atoms with van der Waals surface area (Å²) in [6.07, 6.45) is -0.324. The topological polar surface area (TPSA) is 43.1 Å². The summed E-state index contributed by atoms with van der Waals surface area (Å²) >= 11 is 1.20. The minimum atomic E-state index is -4.54. The molecule has 4 nitrogen and oxygen atoms in total. The first-order valence-electron chi connectivity index (χ1n) is 7.04. The average molecular weight is 364 g/mol. The highest BCUT2D eigenvalue weighted by Crippen LogP contribution is 2.31. The fraction of sp³-hybridized carbons (Fsp3) is 0.0625. The van der Waals surface area contributed by atoms with Crippen molar-refractivity contribution in [2.75, 3.05) is 0 Å². The number of fused-ring (bicyclic) bond motifs is 1. The number of benzene rings is 1. The van der Waals surface area contributed by atoms with Crippen LogP contribution in [0, 0.1) is 5.82 Å². The van der Waals surface area contributed by atoms with Crippen molar-refractivity contribution in [2.45, 2.75) is 6.18 Å². The molecule has 1 aromatic carbocycles. The number of aromatic nitrogens is 4. The van der Waals surface area contributed by atoms with Gasteiger partial charge in [0.15, 0.2) is 0 Å². The predicted molar refractivity (Wildman–Crippen MR) is 84.5 cm³/mol. The molecule has 0 aliphatic rings. The third kappa shape index (κ3) is 2.76. The van der Waals surface area contributed by atoms with Gasteiger partial charge >= 0.3 is 6.18 Å². The van der Waals surface area contributed by atoms with Gasteiger partial charge in [0.25, 0.3) is 0 Å². The first kappa shape index (κ1) is 15.7. The molecule has 0 bridgehead atoms. The molecule has 0 amide bonds. The first-order chi connectivity index (χ1) is 11.9. The minimum absolute atomic E-state index is 0.0760. The number of nitrogens with zero attached hydrogens (tertiary/aromatic N) is 4. The van der Waals surface area contributed by atoms with Crippen molar-refractivity contribution in [1.82, 2.24) is 18.7 Å². The molecule has 25 heavy (non-hydrogen) atoms. The first-order valence-corrected chi connectivity index (χ1v) is 7.88. The van der Waals surface area contributed by atoms with Gasteiger partial charge in [0.2, 0.25) is 5.78 Å². The van der Waals surface area contributed by atoms with Crippen molar-refractivity contribution in [3.8, 4) is 22.4 Å². The number of hydrogen-bond donors (Lipinski definition) is 0. The number of hydrogen-bond acceptors (Lipinski definition) is 4. The van der Waals surface area contributed by atoms with Crippen LogP contribution in [0.15, 0.2) is 48.2 Å². The van der Waals surface area contributed by atoms with E-state index in [1.807, 2.05) is 0 Å². The Bertz CT molecular complexity index is 1050. The Labute approximate surface area is 142 Å². The van der Waals surface area contributed by atoms with Gasteiger partial charge in [0.1, 0.15) is 11.5 Å². The summed E-state index contributed by atoms with van der Waals surface area (Å²) in [4.78, 5) is 7.46. The molecule has 0 atom stereocenters. The highest BCUT2D eigenvalue weighted by molar-refractivity contribution is 7.03. The van der Waals surface area contributed by atoms with Gasteiger partial charge in [-0.2, -0.15) is 13.2 Å². The van der Waals surface area contributed by atoms with Crippen LogP contribution in [0.1, 0.15) is 5.69 Å². The van der Waals surface area contributed by atoms with Crippen molar-refractivity contribution in [1.29, 1.82) is 0 Å². The van der Waals surface area contributed by atoms with Crippen molar-refractivity contribution in [3.63, 3.8) is 0 Å². The zero-order valence-electron chi connectivity index (χ0n) is 12.3. The monoisotopic (exact) mass is 364 g/mol. The van der Waals surface area contributed by atoms with E-state index in [0.717, 1.165) is 6.07 Å². The lowest BCUT2D eigenvalue weighted by molar-refractivity contribution is -0.141. The largest absolute Gasteiger partial charge is 0.433 e. The van der Waals surface area contributed by atoms with Crippen LogP contribution in [-0.4, -0.2) is 18.7 Å². The van der Waals surface area contributed by atoms with E-state index in [1.165, 1.54) is 34.4 Å². The Balaban J connectivity index is 1.84. The lowest BCUT2D eigenvalue weighted by Crippen LogP contribution is -2.09. The van der Waals surface area contributed by atoms with Gasteiger partial charge in [-0.25, -0.2) is 18.7 Å². The maximum Gasteiger partial charge on any atom is 0.433 e. The predicted octanol–water partition coefficient (Wildman–Crippen LogP) is 4.68. The van der Waals surface area contributed by atoms with Crippen LogP contribution in [-0.2, 0) is 6.18 Å². The van der Waals surface area contributed by atoms with Crippen molar-refractivity contribution < 1.29 is 17.6 Å². The van der Waals surface area contributed by atoms with Gasteiger partial charge in [0, 0.05) is 34.5 Å². The van der Waals surface area contributed by atoms with Crippen LogP contribution in [0.25, 0.3) is 28.2 Å². The Hall–Kier alpha value is -2.81. The maximum absolute atomic E-state index is 14.1. The molecule has 0 aliphatic heterocycles. The SMILES string of the molecule is Fc1ccc(-c2cnc3nc(C(F)(F)F)ccn23)cc1-c1cnsc1. The van der Waals surface area contributed by atoms with Crippen molar-refractivity contribution >= 4 is 17.3 Å². The van der Waals surface area contributed by atoms with Gasteiger partial charge in [-0.1, -0.05) is 0 Å². The van der Waals surface area contributed by atoms with Crippen LogP contribution in [0.5, 0.6) is 0 Å². The van der Waals surface area contributed by atoms with Gasteiger partial charge < -0.3 is 0 Å². The molecule has 0 N–H and O–H groups in total. The second-order valence-electron chi connectivity index (χ2n) is 5.23. The van der Waals surface area contributed by atoms with Gasteiger partial charge in [-0.3, -0.25) is 4.40 Å². The molecular weight excluding hydrogens is 356 g/mol. The molecule has 0 saturated heterocycles. The summed E-state index contributed by atoms with van der Waals surface area (Å²) in [6.45, 7) is 0. The molecule has 4 rings (SSSR count). The fourth-order valence-corrected chi connectivity index (χ4v) is 3.02. The molecule has 0 aliphatic carbocycles. The molecule has 0 fully saturated rings. The molecule has 0 spiro atoms. The van der Waals surface area contributed by atoms with Crippen LogP contribution < -0.4 is 0 Å². The molecule has 0 radical (unpaired) electrons. The Morgan fingerprint density at radius 2 is 1.88 bits per heavy atom. The normalized spacial score (nSPS) is 12.0. The Morgan fingerprint density at radius 1 is 1.04 bits per heavy atom. The Kier molecular flexibility index (Phi) is 3.53. The third-order valence-corrected chi connectivity index (χ3v) is 4.26. The van der Waals surface area contributed by atoms with E-state index in [9.17, 15) is 17.6 Å². The smallest absolute Gasteiger partial charge is 0.284 e. The number of alkyl halides is 3. The second-order valence-corrected chi connectivity index (χ2v) is 5.89. The maximum atomic E-state index is 14.1. The minimum Gasteiger partial charge on any atom is -0.284 e. The van der Waals surface area contributed by atoms with E-state index in [-0.39, 0.29) is 5.78 Å². The lowest BCUT2D eigenvalue weighted by Gasteiger charge is -2.08. The number of halogens is 4. The highest BCUT2D eigenvalue weighted by Gasteiger charge is 2.33. The summed E-state index contributed by atoms with van der Waals surface area (Å²) in [5.74, 6) is -0.483. The summed E-state index contributed by atoms with van der Waals surface area (Å²) in [5, 5.41) is 1.72. The Morgan fingerprint density at radius 3 is 2.60 bits per heavy atom. The zero-order valence-corrected chi connectivity index (χ0v) is 13.1. The van der Waals surface area contributed by atoms with Crippen LogP contribution in [0.3, 0.4) is 0 Å².